The van der Waals surface area contributed by atoms with E-state index in [9.17, 15) is 14.4 Å². The summed E-state index contributed by atoms with van der Waals surface area (Å²) < 4.78 is 9.74. The maximum absolute atomic E-state index is 12.3. The van der Waals surface area contributed by atoms with Crippen molar-refractivity contribution in [2.45, 2.75) is 13.5 Å². The molecule has 0 spiro atoms. The molecule has 0 aliphatic carbocycles. The second kappa shape index (κ2) is 9.33. The molecule has 2 N–H and O–H groups in total. The van der Waals surface area contributed by atoms with Gasteiger partial charge in [-0.3, -0.25) is 14.4 Å². The Morgan fingerprint density at radius 1 is 1.04 bits per heavy atom. The first-order valence-corrected chi connectivity index (χ1v) is 7.92. The first kappa shape index (κ1) is 19.1. The number of hydrogen-bond donors (Lipinski definition) is 2. The lowest BCUT2D eigenvalue weighted by molar-refractivity contribution is -0.131. The molecule has 0 aliphatic rings. The number of benzene rings is 2. The van der Waals surface area contributed by atoms with Crippen LogP contribution in [0.15, 0.2) is 48.5 Å². The highest BCUT2D eigenvalue weighted by Crippen LogP contribution is 2.14. The standard InChI is InChI=1S/C19H20N2O5/c1-13(22)26-17-8-4-6-15(10-17)19(24)20-11-14-5-3-7-16(9-14)21-18(23)12-25-2/h3-10H,11-12H2,1-2H3,(H,20,24)(H,21,23). The Hall–Kier alpha value is -3.19. The van der Waals surface area contributed by atoms with Crippen LogP contribution in [0.2, 0.25) is 0 Å². The number of anilines is 1. The Bertz CT molecular complexity index is 804. The van der Waals surface area contributed by atoms with E-state index >= 15 is 0 Å². The zero-order valence-corrected chi connectivity index (χ0v) is 14.6. The first-order valence-electron chi connectivity index (χ1n) is 7.92. The normalized spacial score (nSPS) is 10.1. The van der Waals surface area contributed by atoms with E-state index in [2.05, 4.69) is 10.6 Å². The van der Waals surface area contributed by atoms with E-state index in [4.69, 9.17) is 9.47 Å². The van der Waals surface area contributed by atoms with E-state index < -0.39 is 5.97 Å². The third-order valence-corrected chi connectivity index (χ3v) is 3.30. The van der Waals surface area contributed by atoms with Crippen LogP contribution in [0, 0.1) is 0 Å². The van der Waals surface area contributed by atoms with Crippen molar-refractivity contribution in [2.24, 2.45) is 0 Å². The second-order valence-electron chi connectivity index (χ2n) is 5.49. The van der Waals surface area contributed by atoms with Gasteiger partial charge in [0.15, 0.2) is 0 Å². The summed E-state index contributed by atoms with van der Waals surface area (Å²) >= 11 is 0. The van der Waals surface area contributed by atoms with Crippen molar-refractivity contribution < 1.29 is 23.9 Å². The molecule has 0 radical (unpaired) electrons. The average Bonchev–Trinajstić information content (AvgIpc) is 2.60. The third-order valence-electron chi connectivity index (χ3n) is 3.30. The Kier molecular flexibility index (Phi) is 6.87. The van der Waals surface area contributed by atoms with Gasteiger partial charge in [-0.25, -0.2) is 0 Å². The molecule has 0 atom stereocenters. The fourth-order valence-corrected chi connectivity index (χ4v) is 2.24. The number of carbonyl (C=O) groups is 3. The largest absolute Gasteiger partial charge is 0.427 e. The predicted molar refractivity (Wildman–Crippen MR) is 95.9 cm³/mol. The summed E-state index contributed by atoms with van der Waals surface area (Å²) in [7, 11) is 1.45. The Labute approximate surface area is 151 Å². The van der Waals surface area contributed by atoms with E-state index in [1.807, 2.05) is 6.07 Å². The number of methoxy groups -OCH3 is 1. The number of esters is 1. The molecule has 7 heteroatoms. The second-order valence-corrected chi connectivity index (χ2v) is 5.49. The van der Waals surface area contributed by atoms with Gasteiger partial charge in [-0.1, -0.05) is 18.2 Å². The Morgan fingerprint density at radius 2 is 1.81 bits per heavy atom. The minimum Gasteiger partial charge on any atom is -0.427 e. The summed E-state index contributed by atoms with van der Waals surface area (Å²) in [5.41, 5.74) is 1.83. The highest BCUT2D eigenvalue weighted by molar-refractivity contribution is 5.94. The Balaban J connectivity index is 1.97. The molecule has 0 aromatic heterocycles. The zero-order valence-electron chi connectivity index (χ0n) is 14.6. The number of ether oxygens (including phenoxy) is 2. The maximum atomic E-state index is 12.3. The highest BCUT2D eigenvalue weighted by Gasteiger charge is 2.08. The molecular weight excluding hydrogens is 336 g/mol. The fraction of sp³-hybridized carbons (Fsp3) is 0.211. The molecule has 0 saturated carbocycles. The minimum atomic E-state index is -0.449. The van der Waals surface area contributed by atoms with E-state index in [0.717, 1.165) is 5.56 Å². The van der Waals surface area contributed by atoms with Gasteiger partial charge in [-0.05, 0) is 35.9 Å². The van der Waals surface area contributed by atoms with Crippen molar-refractivity contribution in [1.29, 1.82) is 0 Å². The molecule has 136 valence electrons. The molecule has 26 heavy (non-hydrogen) atoms. The lowest BCUT2D eigenvalue weighted by atomic mass is 10.1. The summed E-state index contributed by atoms with van der Waals surface area (Å²) in [6.07, 6.45) is 0. The predicted octanol–water partition coefficient (Wildman–Crippen LogP) is 2.13. The molecule has 2 amide bonds. The summed E-state index contributed by atoms with van der Waals surface area (Å²) in [6.45, 7) is 1.55. The van der Waals surface area contributed by atoms with E-state index in [1.165, 1.54) is 20.1 Å². The molecule has 0 aliphatic heterocycles. The lowest BCUT2D eigenvalue weighted by Crippen LogP contribution is -2.23. The molecular formula is C19H20N2O5. The lowest BCUT2D eigenvalue weighted by Gasteiger charge is -2.09. The van der Waals surface area contributed by atoms with E-state index in [1.54, 1.807) is 36.4 Å². The van der Waals surface area contributed by atoms with Gasteiger partial charge in [0.05, 0.1) is 0 Å². The topological polar surface area (TPSA) is 93.7 Å². The van der Waals surface area contributed by atoms with Crippen LogP contribution in [0.25, 0.3) is 0 Å². The van der Waals surface area contributed by atoms with E-state index in [-0.39, 0.29) is 25.0 Å². The Morgan fingerprint density at radius 3 is 2.54 bits per heavy atom. The monoisotopic (exact) mass is 356 g/mol. The molecule has 0 unspecified atom stereocenters. The number of rotatable bonds is 7. The number of amides is 2. The van der Waals surface area contributed by atoms with Crippen LogP contribution in [-0.4, -0.2) is 31.5 Å². The van der Waals surface area contributed by atoms with Gasteiger partial charge in [-0.15, -0.1) is 0 Å². The molecule has 0 saturated heterocycles. The molecule has 0 fully saturated rings. The van der Waals surface area contributed by atoms with Crippen LogP contribution in [0.3, 0.4) is 0 Å². The number of nitrogens with one attached hydrogen (secondary N) is 2. The number of carbonyl (C=O) groups excluding carboxylic acids is 3. The summed E-state index contributed by atoms with van der Waals surface area (Å²) in [6, 6.07) is 13.5. The zero-order chi connectivity index (χ0) is 18.9. The summed E-state index contributed by atoms with van der Waals surface area (Å²) in [5, 5.41) is 5.49. The molecule has 0 bridgehead atoms. The fourth-order valence-electron chi connectivity index (χ4n) is 2.24. The highest BCUT2D eigenvalue weighted by atomic mass is 16.5. The van der Waals surface area contributed by atoms with Crippen LogP contribution >= 0.6 is 0 Å². The van der Waals surface area contributed by atoms with Gasteiger partial charge in [0, 0.05) is 31.8 Å². The molecule has 0 heterocycles. The van der Waals surface area contributed by atoms with Crippen LogP contribution in [0.1, 0.15) is 22.8 Å². The minimum absolute atomic E-state index is 0.0281. The maximum Gasteiger partial charge on any atom is 0.308 e. The SMILES string of the molecule is COCC(=O)Nc1cccc(CNC(=O)c2cccc(OC(C)=O)c2)c1. The molecule has 7 nitrogen and oxygen atoms in total. The van der Waals surface area contributed by atoms with Gasteiger partial charge in [0.2, 0.25) is 5.91 Å². The van der Waals surface area contributed by atoms with Crippen LogP contribution < -0.4 is 15.4 Å². The van der Waals surface area contributed by atoms with Crippen molar-refractivity contribution >= 4 is 23.5 Å². The van der Waals surface area contributed by atoms with E-state index in [0.29, 0.717) is 17.0 Å². The van der Waals surface area contributed by atoms with Crippen molar-refractivity contribution in [3.05, 3.63) is 59.7 Å². The van der Waals surface area contributed by atoms with Gasteiger partial charge < -0.3 is 20.1 Å². The third kappa shape index (κ3) is 6.03. The van der Waals surface area contributed by atoms with Gasteiger partial charge >= 0.3 is 5.97 Å². The van der Waals surface area contributed by atoms with Crippen LogP contribution in [0.4, 0.5) is 5.69 Å². The summed E-state index contributed by atoms with van der Waals surface area (Å²) in [5.74, 6) is -0.688. The van der Waals surface area contributed by atoms with Gasteiger partial charge in [-0.2, -0.15) is 0 Å². The van der Waals surface area contributed by atoms with Gasteiger partial charge in [0.25, 0.3) is 5.91 Å². The first-order chi connectivity index (χ1) is 12.5. The van der Waals surface area contributed by atoms with Crippen molar-refractivity contribution in [2.75, 3.05) is 19.0 Å². The average molecular weight is 356 g/mol. The molecule has 2 aromatic carbocycles. The van der Waals surface area contributed by atoms with Crippen LogP contribution in [0.5, 0.6) is 5.75 Å². The number of hydrogen-bond acceptors (Lipinski definition) is 5. The molecule has 2 aromatic rings. The summed E-state index contributed by atoms with van der Waals surface area (Å²) in [4.78, 5) is 34.8. The van der Waals surface area contributed by atoms with Crippen molar-refractivity contribution in [3.63, 3.8) is 0 Å². The van der Waals surface area contributed by atoms with Crippen LogP contribution in [-0.2, 0) is 20.9 Å². The smallest absolute Gasteiger partial charge is 0.308 e. The van der Waals surface area contributed by atoms with Gasteiger partial charge in [0.1, 0.15) is 12.4 Å². The quantitative estimate of drug-likeness (QED) is 0.585. The molecule has 2 rings (SSSR count). The van der Waals surface area contributed by atoms with Crippen molar-refractivity contribution in [3.8, 4) is 5.75 Å². The van der Waals surface area contributed by atoms with Crippen molar-refractivity contribution in [1.82, 2.24) is 5.32 Å².